The van der Waals surface area contributed by atoms with Crippen molar-refractivity contribution in [2.75, 3.05) is 59.4 Å². The smallest absolute Gasteiger partial charge is 0.341 e. The van der Waals surface area contributed by atoms with Crippen LogP contribution in [0.25, 0.3) is 0 Å². The van der Waals surface area contributed by atoms with Gasteiger partial charge in [-0.3, -0.25) is 0 Å². The van der Waals surface area contributed by atoms with Gasteiger partial charge < -0.3 is 50.8 Å². The first-order chi connectivity index (χ1) is 39.9. The number of para-hydroxylation sites is 4. The van der Waals surface area contributed by atoms with E-state index in [0.717, 1.165) is 34.4 Å². The van der Waals surface area contributed by atoms with Crippen LogP contribution >= 0.6 is 0 Å². The lowest BCUT2D eigenvalue weighted by atomic mass is 9.96. The summed E-state index contributed by atoms with van der Waals surface area (Å²) in [7, 11) is 6.40. The fourth-order valence-corrected chi connectivity index (χ4v) is 7.51. The summed E-state index contributed by atoms with van der Waals surface area (Å²) in [6, 6.07) is 48.6. The maximum Gasteiger partial charge on any atom is 0.341 e. The van der Waals surface area contributed by atoms with Crippen LogP contribution in [0.15, 0.2) is 158 Å². The van der Waals surface area contributed by atoms with E-state index in [0.29, 0.717) is 41.0 Å². The molecule has 0 aliphatic carbocycles. The van der Waals surface area contributed by atoms with Crippen LogP contribution in [0, 0.1) is 0 Å². The molecule has 6 aromatic carbocycles. The molecule has 0 aliphatic rings. The number of anilines is 12. The number of benzene rings is 6. The number of hydrogen-bond donors (Lipinski definition) is 6. The highest BCUT2D eigenvalue weighted by atomic mass is 16.5. The zero-order valence-corrected chi connectivity index (χ0v) is 49.5. The van der Waals surface area contributed by atoms with Gasteiger partial charge in [-0.15, -0.1) is 0 Å². The number of hydrogen-bond acceptors (Lipinski definition) is 21. The van der Waals surface area contributed by atoms with Crippen LogP contribution < -0.4 is 31.1 Å². The highest BCUT2D eigenvalue weighted by Crippen LogP contribution is 2.31. The minimum Gasteiger partial charge on any atom is -0.507 e. The van der Waals surface area contributed by atoms with Gasteiger partial charge in [0.25, 0.3) is 0 Å². The second-order valence-corrected chi connectivity index (χ2v) is 22.1. The number of aromatic hydroxyl groups is 2. The van der Waals surface area contributed by atoms with Crippen molar-refractivity contribution in [3.8, 4) is 11.5 Å². The third-order valence-corrected chi connectivity index (χ3v) is 12.2. The molecule has 0 saturated carbocycles. The molecule has 0 fully saturated rings. The Bertz CT molecular complexity index is 3450. The molecule has 0 amide bonds. The molecule has 84 heavy (non-hydrogen) atoms. The summed E-state index contributed by atoms with van der Waals surface area (Å²) < 4.78 is 9.26. The van der Waals surface area contributed by atoms with E-state index in [2.05, 4.69) is 102 Å². The Hall–Kier alpha value is -10.3. The molecule has 3 heterocycles. The summed E-state index contributed by atoms with van der Waals surface area (Å²) in [4.78, 5) is 68.4. The van der Waals surface area contributed by atoms with E-state index in [-0.39, 0.29) is 45.4 Å². The van der Waals surface area contributed by atoms with Crippen molar-refractivity contribution in [2.24, 2.45) is 0 Å². The number of phenolic OH excluding ortho intramolecular Hbond substituents is 2. The normalized spacial score (nSPS) is 11.1. The molecular formula is C63H71N15O6. The molecule has 3 aromatic heterocycles. The summed E-state index contributed by atoms with van der Waals surface area (Å²) in [5.74, 6) is 2.81. The lowest BCUT2D eigenvalue weighted by Crippen LogP contribution is -2.24. The van der Waals surface area contributed by atoms with Crippen molar-refractivity contribution in [3.05, 3.63) is 186 Å². The van der Waals surface area contributed by atoms with E-state index >= 15 is 0 Å². The molecule has 0 radical (unpaired) electrons. The Morgan fingerprint density at radius 3 is 0.952 bits per heavy atom. The average Bonchev–Trinajstić information content (AvgIpc) is 3.57. The minimum atomic E-state index is -0.660. The molecule has 0 atom stereocenters. The van der Waals surface area contributed by atoms with Crippen LogP contribution in [0.4, 0.5) is 69.8 Å². The van der Waals surface area contributed by atoms with E-state index in [1.807, 2.05) is 166 Å². The van der Waals surface area contributed by atoms with E-state index in [1.165, 1.54) is 38.5 Å². The minimum absolute atomic E-state index is 0.0247. The molecule has 9 rings (SSSR count). The first-order valence-electron chi connectivity index (χ1n) is 26.8. The fourth-order valence-electron chi connectivity index (χ4n) is 7.51. The van der Waals surface area contributed by atoms with Gasteiger partial charge in [0, 0.05) is 76.6 Å². The van der Waals surface area contributed by atoms with E-state index in [9.17, 15) is 19.8 Å². The van der Waals surface area contributed by atoms with Gasteiger partial charge in [-0.05, 0) is 72.8 Å². The maximum absolute atomic E-state index is 11.7. The molecule has 21 heteroatoms. The quantitative estimate of drug-likeness (QED) is 0.0553. The molecule has 0 bridgehead atoms. The van der Waals surface area contributed by atoms with Crippen LogP contribution in [0.3, 0.4) is 0 Å². The highest BCUT2D eigenvalue weighted by molar-refractivity contribution is 5.93. The van der Waals surface area contributed by atoms with Crippen molar-refractivity contribution in [1.29, 1.82) is 0 Å². The third kappa shape index (κ3) is 16.9. The molecule has 0 spiro atoms. The van der Waals surface area contributed by atoms with Crippen molar-refractivity contribution in [3.63, 3.8) is 0 Å². The van der Waals surface area contributed by atoms with Crippen molar-refractivity contribution in [1.82, 2.24) is 44.9 Å². The molecule has 0 unspecified atom stereocenters. The zero-order valence-electron chi connectivity index (χ0n) is 49.5. The maximum atomic E-state index is 11.7. The number of methoxy groups -OCH3 is 2. The predicted octanol–water partition coefficient (Wildman–Crippen LogP) is 13.0. The number of rotatable bonds is 14. The Morgan fingerprint density at radius 2 is 0.667 bits per heavy atom. The zero-order chi connectivity index (χ0) is 60.8. The summed E-state index contributed by atoms with van der Waals surface area (Å²) in [6.45, 7) is 18.4. The summed E-state index contributed by atoms with van der Waals surface area (Å²) in [6.07, 6.45) is 0. The lowest BCUT2D eigenvalue weighted by Gasteiger charge is -2.25. The van der Waals surface area contributed by atoms with E-state index < -0.39 is 17.4 Å². The topological polar surface area (TPSA) is 264 Å². The predicted molar refractivity (Wildman–Crippen MR) is 329 cm³/mol. The Morgan fingerprint density at radius 1 is 0.381 bits per heavy atom. The number of nitrogens with zero attached hydrogens (tertiary/aromatic N) is 11. The van der Waals surface area contributed by atoms with Gasteiger partial charge in [0.05, 0.1) is 14.2 Å². The lowest BCUT2D eigenvalue weighted by molar-refractivity contribution is 0.0588. The monoisotopic (exact) mass is 1130 g/mol. The molecule has 0 saturated heterocycles. The van der Waals surface area contributed by atoms with Crippen molar-refractivity contribution >= 4 is 81.8 Å². The van der Waals surface area contributed by atoms with Gasteiger partial charge in [0.1, 0.15) is 40.1 Å². The molecule has 0 aliphatic heterocycles. The standard InChI is InChI=1S/C23H25N5O6.C21H25N5.C19H21N5/c1-23(2,3)20-26-21(24-12-6-8-14(16(29)10-12)18(31)33-4)28-22(27-20)25-13-7-9-15(17(30)11-13)19(32)34-5;1-21(2,3)18-22-19(25(4)16-12-8-6-9-13-16)24-20(23-18)26(5)17-14-10-7-11-15-17;1-19(2,3)16-22-17(20-14-10-6-4-7-11-14)24-18(23-16)21-15-12-8-5-9-13-15/h6-11,29-30H,1-5H3,(H2,24,25,26,27,28);6-15H,1-5H3;4-13H,1-3H3,(H2,20,21,22,23,24). The third-order valence-electron chi connectivity index (χ3n) is 12.2. The van der Waals surface area contributed by atoms with Crippen molar-refractivity contribution < 1.29 is 29.3 Å². The van der Waals surface area contributed by atoms with Crippen LogP contribution in [0.1, 0.15) is 101 Å². The second kappa shape index (κ2) is 27.0. The molecule has 21 nitrogen and oxygen atoms in total. The van der Waals surface area contributed by atoms with Gasteiger partial charge >= 0.3 is 11.9 Å². The molecule has 6 N–H and O–H groups in total. The Kier molecular flexibility index (Phi) is 19.7. The largest absolute Gasteiger partial charge is 0.507 e. The number of phenols is 2. The van der Waals surface area contributed by atoms with Gasteiger partial charge in [0.2, 0.25) is 35.7 Å². The highest BCUT2D eigenvalue weighted by Gasteiger charge is 2.25. The van der Waals surface area contributed by atoms with Gasteiger partial charge in [-0.2, -0.15) is 44.9 Å². The first-order valence-corrected chi connectivity index (χ1v) is 26.8. The number of nitrogens with one attached hydrogen (secondary N) is 4. The molecule has 434 valence electrons. The molecular weight excluding hydrogens is 1060 g/mol. The van der Waals surface area contributed by atoms with Gasteiger partial charge in [-0.25, -0.2) is 9.59 Å². The van der Waals surface area contributed by atoms with Crippen LogP contribution in [0.5, 0.6) is 11.5 Å². The van der Waals surface area contributed by atoms with Gasteiger partial charge in [0.15, 0.2) is 0 Å². The number of carbonyl (C=O) groups excluding carboxylic acids is 2. The number of carbonyl (C=O) groups is 2. The Labute approximate surface area is 489 Å². The fraction of sp³-hybridized carbons (Fsp3) is 0.254. The van der Waals surface area contributed by atoms with Crippen LogP contribution in [0.2, 0.25) is 0 Å². The number of aromatic nitrogens is 9. The SMILES string of the molecule is CC(C)(C)c1nc(Nc2ccccc2)nc(Nc2ccccc2)n1.CN(c1ccccc1)c1nc(N(C)c2ccccc2)nc(C(C)(C)C)n1.COC(=O)c1ccc(Nc2nc(Nc3ccc(C(=O)OC)c(O)c3)nc(C(C)(C)C)n2)cc1O. The summed E-state index contributed by atoms with van der Waals surface area (Å²) in [5.41, 5.74) is 4.08. The first kappa shape index (κ1) is 61.3. The number of esters is 2. The van der Waals surface area contributed by atoms with Crippen LogP contribution in [-0.4, -0.2) is 95.3 Å². The molecule has 9 aromatic rings. The second-order valence-electron chi connectivity index (χ2n) is 22.1. The summed E-state index contributed by atoms with van der Waals surface area (Å²) in [5, 5.41) is 32.7. The Balaban J connectivity index is 0.000000184. The number of ether oxygens (including phenoxy) is 2. The van der Waals surface area contributed by atoms with Gasteiger partial charge in [-0.1, -0.05) is 135 Å². The van der Waals surface area contributed by atoms with E-state index in [1.54, 1.807) is 12.1 Å². The summed E-state index contributed by atoms with van der Waals surface area (Å²) >= 11 is 0. The van der Waals surface area contributed by atoms with Crippen LogP contribution in [-0.2, 0) is 25.7 Å². The average molecular weight is 1130 g/mol. The van der Waals surface area contributed by atoms with Crippen molar-refractivity contribution in [2.45, 2.75) is 78.6 Å². The van der Waals surface area contributed by atoms with E-state index in [4.69, 9.17) is 15.0 Å².